The Morgan fingerprint density at radius 2 is 2.55 bits per heavy atom. The second kappa shape index (κ2) is 3.53. The quantitative estimate of drug-likeness (QED) is 0.621. The lowest BCUT2D eigenvalue weighted by atomic mass is 10.4. The molecule has 0 saturated heterocycles. The SMILES string of the molecule is CC(Cl)Cn1ccncc1=O. The van der Waals surface area contributed by atoms with Gasteiger partial charge in [0.2, 0.25) is 0 Å². The van der Waals surface area contributed by atoms with Crippen molar-refractivity contribution in [1.29, 1.82) is 0 Å². The molecule has 1 aromatic rings. The van der Waals surface area contributed by atoms with Crippen LogP contribution in [0.4, 0.5) is 0 Å². The monoisotopic (exact) mass is 172 g/mol. The van der Waals surface area contributed by atoms with Gasteiger partial charge < -0.3 is 4.57 Å². The molecular weight excluding hydrogens is 164 g/mol. The third-order valence-electron chi connectivity index (χ3n) is 1.25. The average molecular weight is 173 g/mol. The molecule has 60 valence electrons. The van der Waals surface area contributed by atoms with Gasteiger partial charge in [0.25, 0.3) is 5.56 Å². The molecule has 0 aliphatic carbocycles. The van der Waals surface area contributed by atoms with Crippen LogP contribution in [0.1, 0.15) is 6.92 Å². The number of rotatable bonds is 2. The molecule has 0 aliphatic heterocycles. The molecule has 0 N–H and O–H groups in total. The molecule has 1 aromatic heterocycles. The fourth-order valence-electron chi connectivity index (χ4n) is 0.795. The van der Waals surface area contributed by atoms with Gasteiger partial charge in [0.1, 0.15) is 0 Å². The summed E-state index contributed by atoms with van der Waals surface area (Å²) in [4.78, 5) is 14.7. The molecule has 0 spiro atoms. The maximum atomic E-state index is 11.0. The van der Waals surface area contributed by atoms with Crippen LogP contribution in [-0.4, -0.2) is 14.9 Å². The highest BCUT2D eigenvalue weighted by molar-refractivity contribution is 6.20. The van der Waals surface area contributed by atoms with E-state index in [2.05, 4.69) is 4.98 Å². The Morgan fingerprint density at radius 3 is 3.09 bits per heavy atom. The van der Waals surface area contributed by atoms with Gasteiger partial charge in [0.15, 0.2) is 0 Å². The van der Waals surface area contributed by atoms with Crippen LogP contribution in [-0.2, 0) is 6.54 Å². The summed E-state index contributed by atoms with van der Waals surface area (Å²) in [5.74, 6) is 0. The van der Waals surface area contributed by atoms with Crippen molar-refractivity contribution in [3.63, 3.8) is 0 Å². The Morgan fingerprint density at radius 1 is 1.82 bits per heavy atom. The number of hydrogen-bond acceptors (Lipinski definition) is 2. The van der Waals surface area contributed by atoms with Gasteiger partial charge in [0, 0.05) is 24.3 Å². The normalized spacial score (nSPS) is 12.9. The Labute approximate surface area is 69.6 Å². The first-order valence-corrected chi connectivity index (χ1v) is 3.78. The van der Waals surface area contributed by atoms with Crippen LogP contribution in [0.25, 0.3) is 0 Å². The summed E-state index contributed by atoms with van der Waals surface area (Å²) in [5, 5.41) is -0.0323. The van der Waals surface area contributed by atoms with Crippen LogP contribution < -0.4 is 5.56 Å². The fraction of sp³-hybridized carbons (Fsp3) is 0.429. The standard InChI is InChI=1S/C7H9ClN2O/c1-6(8)5-10-3-2-9-4-7(10)11/h2-4,6H,5H2,1H3. The van der Waals surface area contributed by atoms with E-state index < -0.39 is 0 Å². The van der Waals surface area contributed by atoms with Crippen molar-refractivity contribution in [2.75, 3.05) is 0 Å². The average Bonchev–Trinajstić information content (AvgIpc) is 1.93. The van der Waals surface area contributed by atoms with Crippen LogP contribution >= 0.6 is 11.6 Å². The molecule has 1 atom stereocenters. The minimum atomic E-state index is -0.111. The third kappa shape index (κ3) is 2.35. The lowest BCUT2D eigenvalue weighted by Crippen LogP contribution is -2.22. The first kappa shape index (κ1) is 8.27. The van der Waals surface area contributed by atoms with E-state index in [0.29, 0.717) is 6.54 Å². The molecule has 0 radical (unpaired) electrons. The summed E-state index contributed by atoms with van der Waals surface area (Å²) >= 11 is 5.70. The van der Waals surface area contributed by atoms with Crippen molar-refractivity contribution in [2.45, 2.75) is 18.8 Å². The molecule has 0 bridgehead atoms. The molecular formula is C7H9ClN2O. The highest BCUT2D eigenvalue weighted by atomic mass is 35.5. The molecule has 0 aliphatic rings. The van der Waals surface area contributed by atoms with Gasteiger partial charge in [-0.2, -0.15) is 0 Å². The van der Waals surface area contributed by atoms with Gasteiger partial charge in [-0.15, -0.1) is 11.6 Å². The van der Waals surface area contributed by atoms with Crippen LogP contribution in [0.15, 0.2) is 23.4 Å². The molecule has 11 heavy (non-hydrogen) atoms. The fourth-order valence-corrected chi connectivity index (χ4v) is 0.944. The number of hydrogen-bond donors (Lipinski definition) is 0. The maximum Gasteiger partial charge on any atom is 0.269 e. The lowest BCUT2D eigenvalue weighted by Gasteiger charge is -2.04. The first-order valence-electron chi connectivity index (χ1n) is 3.34. The summed E-state index contributed by atoms with van der Waals surface area (Å²) in [5.41, 5.74) is -0.111. The van der Waals surface area contributed by atoms with Crippen molar-refractivity contribution < 1.29 is 0 Å². The molecule has 1 rings (SSSR count). The molecule has 0 fully saturated rings. The Balaban J connectivity index is 2.87. The van der Waals surface area contributed by atoms with E-state index in [1.807, 2.05) is 6.92 Å². The summed E-state index contributed by atoms with van der Waals surface area (Å²) < 4.78 is 1.53. The van der Waals surface area contributed by atoms with Gasteiger partial charge in [-0.1, -0.05) is 0 Å². The summed E-state index contributed by atoms with van der Waals surface area (Å²) in [6.07, 6.45) is 4.47. The molecule has 3 nitrogen and oxygen atoms in total. The molecule has 4 heteroatoms. The minimum absolute atomic E-state index is 0.0323. The predicted molar refractivity (Wildman–Crippen MR) is 43.8 cm³/mol. The number of aromatic nitrogens is 2. The largest absolute Gasteiger partial charge is 0.311 e. The lowest BCUT2D eigenvalue weighted by molar-refractivity contribution is 0.654. The Bertz CT molecular complexity index is 282. The topological polar surface area (TPSA) is 34.9 Å². The van der Waals surface area contributed by atoms with Crippen LogP contribution in [0.5, 0.6) is 0 Å². The summed E-state index contributed by atoms with van der Waals surface area (Å²) in [7, 11) is 0. The highest BCUT2D eigenvalue weighted by Gasteiger charge is 1.98. The predicted octanol–water partition coefficient (Wildman–Crippen LogP) is 0.871. The maximum absolute atomic E-state index is 11.0. The van der Waals surface area contributed by atoms with E-state index in [0.717, 1.165) is 0 Å². The summed E-state index contributed by atoms with van der Waals surface area (Å²) in [6, 6.07) is 0. The summed E-state index contributed by atoms with van der Waals surface area (Å²) in [6.45, 7) is 2.37. The highest BCUT2D eigenvalue weighted by Crippen LogP contribution is 1.95. The second-order valence-corrected chi connectivity index (χ2v) is 3.09. The van der Waals surface area contributed by atoms with Crippen LogP contribution in [0.3, 0.4) is 0 Å². The molecule has 1 unspecified atom stereocenters. The van der Waals surface area contributed by atoms with E-state index >= 15 is 0 Å². The van der Waals surface area contributed by atoms with Gasteiger partial charge >= 0.3 is 0 Å². The second-order valence-electron chi connectivity index (χ2n) is 2.35. The van der Waals surface area contributed by atoms with E-state index in [9.17, 15) is 4.79 Å². The van der Waals surface area contributed by atoms with E-state index in [4.69, 9.17) is 11.6 Å². The van der Waals surface area contributed by atoms with E-state index in [1.165, 1.54) is 10.8 Å². The van der Waals surface area contributed by atoms with Gasteiger partial charge in [-0.05, 0) is 6.92 Å². The number of alkyl halides is 1. The van der Waals surface area contributed by atoms with Crippen molar-refractivity contribution in [2.24, 2.45) is 0 Å². The van der Waals surface area contributed by atoms with Crippen LogP contribution in [0.2, 0.25) is 0 Å². The van der Waals surface area contributed by atoms with Crippen molar-refractivity contribution >= 4 is 11.6 Å². The van der Waals surface area contributed by atoms with Crippen molar-refractivity contribution in [1.82, 2.24) is 9.55 Å². The Kier molecular flexibility index (Phi) is 2.65. The van der Waals surface area contributed by atoms with Crippen molar-refractivity contribution in [3.05, 3.63) is 28.9 Å². The van der Waals surface area contributed by atoms with E-state index in [-0.39, 0.29) is 10.9 Å². The molecule has 0 aromatic carbocycles. The van der Waals surface area contributed by atoms with Crippen LogP contribution in [0, 0.1) is 0 Å². The van der Waals surface area contributed by atoms with Gasteiger partial charge in [-0.25, -0.2) is 0 Å². The van der Waals surface area contributed by atoms with Crippen molar-refractivity contribution in [3.8, 4) is 0 Å². The third-order valence-corrected chi connectivity index (χ3v) is 1.39. The zero-order valence-corrected chi connectivity index (χ0v) is 6.95. The van der Waals surface area contributed by atoms with Gasteiger partial charge in [-0.3, -0.25) is 9.78 Å². The smallest absolute Gasteiger partial charge is 0.269 e. The molecule has 1 heterocycles. The zero-order valence-electron chi connectivity index (χ0n) is 6.20. The van der Waals surface area contributed by atoms with E-state index in [1.54, 1.807) is 12.4 Å². The minimum Gasteiger partial charge on any atom is -0.311 e. The zero-order chi connectivity index (χ0) is 8.27. The Hall–Kier alpha value is -0.830. The first-order chi connectivity index (χ1) is 5.20. The number of nitrogens with zero attached hydrogens (tertiary/aromatic N) is 2. The molecule has 0 saturated carbocycles. The number of halogens is 1. The molecule has 0 amide bonds. The van der Waals surface area contributed by atoms with Gasteiger partial charge in [0.05, 0.1) is 6.20 Å².